The summed E-state index contributed by atoms with van der Waals surface area (Å²) in [5.74, 6) is -0.884. The molecule has 1 aromatic heterocycles. The summed E-state index contributed by atoms with van der Waals surface area (Å²) in [5.41, 5.74) is 3.85. The quantitative estimate of drug-likeness (QED) is 0.224. The molecule has 0 unspecified atom stereocenters. The van der Waals surface area contributed by atoms with Gasteiger partial charge in [0.25, 0.3) is 5.91 Å². The molecule has 3 rings (SSSR count). The lowest BCUT2D eigenvalue weighted by atomic mass is 10.2. The van der Waals surface area contributed by atoms with Crippen LogP contribution in [0.4, 0.5) is 5.69 Å². The maximum Gasteiger partial charge on any atom is 0.379 e. The minimum absolute atomic E-state index is 0.0673. The first kappa shape index (κ1) is 22.0. The second-order valence-corrected chi connectivity index (χ2v) is 7.14. The molecule has 0 radical (unpaired) electrons. The molecule has 158 valence electrons. The predicted octanol–water partition coefficient (Wildman–Crippen LogP) is 4.37. The number of anilines is 1. The molecule has 0 aliphatic heterocycles. The van der Waals surface area contributed by atoms with Crippen LogP contribution in [-0.4, -0.2) is 24.0 Å². The predicted molar refractivity (Wildman–Crippen MR) is 118 cm³/mol. The number of nitrogens with one attached hydrogen (secondary N) is 2. The molecule has 0 saturated carbocycles. The maximum atomic E-state index is 12.3. The number of hydrogen-bond donors (Lipinski definition) is 2. The van der Waals surface area contributed by atoms with Crippen LogP contribution < -0.4 is 15.5 Å². The zero-order valence-corrected chi connectivity index (χ0v) is 18.0. The third kappa shape index (κ3) is 6.13. The Bertz CT molecular complexity index is 1110. The van der Waals surface area contributed by atoms with Crippen LogP contribution in [0, 0.1) is 0 Å². The molecular formula is C22H18BrN3O5. The summed E-state index contributed by atoms with van der Waals surface area (Å²) in [7, 11) is 0. The average Bonchev–Trinajstić information content (AvgIpc) is 3.31. The van der Waals surface area contributed by atoms with E-state index in [0.29, 0.717) is 23.2 Å². The van der Waals surface area contributed by atoms with Crippen LogP contribution in [0.25, 0.3) is 0 Å². The minimum atomic E-state index is -0.652. The summed E-state index contributed by atoms with van der Waals surface area (Å²) < 4.78 is 11.1. The van der Waals surface area contributed by atoms with E-state index in [2.05, 4.69) is 31.8 Å². The molecule has 0 aliphatic rings. The highest BCUT2D eigenvalue weighted by Crippen LogP contribution is 2.23. The van der Waals surface area contributed by atoms with Crippen molar-refractivity contribution in [3.05, 3.63) is 82.2 Å². The van der Waals surface area contributed by atoms with Gasteiger partial charge in [-0.05, 0) is 54.6 Å². The van der Waals surface area contributed by atoms with Gasteiger partial charge in [0.2, 0.25) is 11.7 Å². The number of carbonyl (C=O) groups excluding carboxylic acids is 3. The normalized spacial score (nSPS) is 10.6. The number of amides is 2. The van der Waals surface area contributed by atoms with Gasteiger partial charge in [-0.15, -0.1) is 0 Å². The first-order valence-electron chi connectivity index (χ1n) is 9.25. The van der Waals surface area contributed by atoms with Crippen LogP contribution >= 0.6 is 15.9 Å². The summed E-state index contributed by atoms with van der Waals surface area (Å²) >= 11 is 3.35. The Hall–Kier alpha value is -3.72. The van der Waals surface area contributed by atoms with Crippen LogP contribution in [0.3, 0.4) is 0 Å². The molecule has 0 aliphatic carbocycles. The van der Waals surface area contributed by atoms with Crippen LogP contribution in [0.5, 0.6) is 5.75 Å². The van der Waals surface area contributed by atoms with E-state index >= 15 is 0 Å². The lowest BCUT2D eigenvalue weighted by Gasteiger charge is -2.07. The number of hydrazone groups is 1. The van der Waals surface area contributed by atoms with Crippen LogP contribution in [0.15, 0.2) is 74.9 Å². The van der Waals surface area contributed by atoms with Gasteiger partial charge in [-0.25, -0.2) is 10.2 Å². The molecule has 2 N–H and O–H groups in total. The molecule has 8 nitrogen and oxygen atoms in total. The summed E-state index contributed by atoms with van der Waals surface area (Å²) in [4.78, 5) is 35.8. The highest BCUT2D eigenvalue weighted by Gasteiger charge is 2.14. The number of nitrogens with zero attached hydrogens (tertiary/aromatic N) is 1. The number of benzene rings is 2. The Labute approximate surface area is 186 Å². The molecule has 1 heterocycles. The fraction of sp³-hybridized carbons (Fsp3) is 0.0909. The van der Waals surface area contributed by atoms with Crippen molar-refractivity contribution in [2.45, 2.75) is 13.3 Å². The Kier molecular flexibility index (Phi) is 7.34. The van der Waals surface area contributed by atoms with E-state index in [1.54, 1.807) is 55.5 Å². The van der Waals surface area contributed by atoms with Gasteiger partial charge >= 0.3 is 5.97 Å². The summed E-state index contributed by atoms with van der Waals surface area (Å²) in [6, 6.07) is 14.5. The van der Waals surface area contributed by atoms with Crippen LogP contribution in [0.1, 0.15) is 39.8 Å². The molecule has 0 atom stereocenters. The molecule has 9 heteroatoms. The number of furan rings is 1. The molecule has 0 spiro atoms. The van der Waals surface area contributed by atoms with Crippen LogP contribution in [-0.2, 0) is 4.79 Å². The first-order chi connectivity index (χ1) is 15.0. The van der Waals surface area contributed by atoms with Crippen molar-refractivity contribution in [3.8, 4) is 5.75 Å². The van der Waals surface area contributed by atoms with E-state index in [0.717, 1.165) is 4.47 Å². The van der Waals surface area contributed by atoms with Gasteiger partial charge in [-0.2, -0.15) is 5.10 Å². The molecule has 0 bridgehead atoms. The summed E-state index contributed by atoms with van der Waals surface area (Å²) in [5, 5.41) is 6.65. The van der Waals surface area contributed by atoms with Crippen molar-refractivity contribution in [2.24, 2.45) is 5.10 Å². The van der Waals surface area contributed by atoms with E-state index in [-0.39, 0.29) is 17.4 Å². The van der Waals surface area contributed by atoms with Gasteiger partial charge < -0.3 is 14.5 Å². The van der Waals surface area contributed by atoms with Crippen molar-refractivity contribution in [1.29, 1.82) is 0 Å². The van der Waals surface area contributed by atoms with Gasteiger partial charge in [0.1, 0.15) is 5.75 Å². The maximum absolute atomic E-state index is 12.3. The summed E-state index contributed by atoms with van der Waals surface area (Å²) in [6.07, 6.45) is 3.11. The van der Waals surface area contributed by atoms with E-state index < -0.39 is 11.9 Å². The fourth-order valence-corrected chi connectivity index (χ4v) is 2.82. The Morgan fingerprint density at radius 2 is 1.90 bits per heavy atom. The number of carbonyl (C=O) groups is 3. The molecule has 3 aromatic rings. The SMILES string of the molecule is CCC(=O)Nc1ccc(C(=O)N/N=C\c2cc(Br)ccc2OC(=O)c2ccco2)cc1. The Balaban J connectivity index is 1.66. The molecule has 0 fully saturated rings. The Morgan fingerprint density at radius 1 is 1.13 bits per heavy atom. The highest BCUT2D eigenvalue weighted by atomic mass is 79.9. The van der Waals surface area contributed by atoms with E-state index in [1.165, 1.54) is 18.5 Å². The van der Waals surface area contributed by atoms with Gasteiger partial charge in [-0.1, -0.05) is 22.9 Å². The Morgan fingerprint density at radius 3 is 2.58 bits per heavy atom. The van der Waals surface area contributed by atoms with Crippen molar-refractivity contribution < 1.29 is 23.5 Å². The van der Waals surface area contributed by atoms with Crippen molar-refractivity contribution >= 4 is 45.6 Å². The zero-order chi connectivity index (χ0) is 22.2. The number of hydrogen-bond acceptors (Lipinski definition) is 6. The number of esters is 1. The largest absolute Gasteiger partial charge is 0.457 e. The molecule has 2 aromatic carbocycles. The molecular weight excluding hydrogens is 466 g/mol. The van der Waals surface area contributed by atoms with Gasteiger partial charge in [0.05, 0.1) is 12.5 Å². The summed E-state index contributed by atoms with van der Waals surface area (Å²) in [6.45, 7) is 1.75. The molecule has 0 saturated heterocycles. The second-order valence-electron chi connectivity index (χ2n) is 6.23. The van der Waals surface area contributed by atoms with E-state index in [4.69, 9.17) is 9.15 Å². The number of rotatable bonds is 7. The smallest absolute Gasteiger partial charge is 0.379 e. The van der Waals surface area contributed by atoms with Crippen molar-refractivity contribution in [2.75, 3.05) is 5.32 Å². The minimum Gasteiger partial charge on any atom is -0.457 e. The standard InChI is InChI=1S/C22H18BrN3O5/c1-2-20(27)25-17-8-5-14(6-9-17)21(28)26-24-13-15-12-16(23)7-10-18(15)31-22(29)19-4-3-11-30-19/h3-13H,2H2,1H3,(H,25,27)(H,26,28)/b24-13-. The van der Waals surface area contributed by atoms with E-state index in [1.807, 2.05) is 0 Å². The number of ether oxygens (including phenoxy) is 1. The number of halogens is 1. The lowest BCUT2D eigenvalue weighted by molar-refractivity contribution is -0.115. The van der Waals surface area contributed by atoms with E-state index in [9.17, 15) is 14.4 Å². The van der Waals surface area contributed by atoms with Crippen molar-refractivity contribution in [1.82, 2.24) is 5.43 Å². The van der Waals surface area contributed by atoms with Gasteiger partial charge in [-0.3, -0.25) is 9.59 Å². The highest BCUT2D eigenvalue weighted by molar-refractivity contribution is 9.10. The van der Waals surface area contributed by atoms with Gasteiger partial charge in [0.15, 0.2) is 0 Å². The average molecular weight is 484 g/mol. The molecule has 2 amide bonds. The third-order valence-corrected chi connectivity index (χ3v) is 4.51. The van der Waals surface area contributed by atoms with Crippen LogP contribution in [0.2, 0.25) is 0 Å². The first-order valence-corrected chi connectivity index (χ1v) is 10.0. The topological polar surface area (TPSA) is 110 Å². The van der Waals surface area contributed by atoms with Gasteiger partial charge in [0, 0.05) is 27.7 Å². The third-order valence-electron chi connectivity index (χ3n) is 4.02. The molecule has 31 heavy (non-hydrogen) atoms. The second kappa shape index (κ2) is 10.4. The van der Waals surface area contributed by atoms with Crippen molar-refractivity contribution in [3.63, 3.8) is 0 Å². The fourth-order valence-electron chi connectivity index (χ4n) is 2.44. The zero-order valence-electron chi connectivity index (χ0n) is 16.4. The lowest BCUT2D eigenvalue weighted by Crippen LogP contribution is -2.18. The monoisotopic (exact) mass is 483 g/mol.